The monoisotopic (exact) mass is 251 g/mol. The molecule has 0 heterocycles. The van der Waals surface area contributed by atoms with E-state index in [1.165, 1.54) is 0 Å². The van der Waals surface area contributed by atoms with Gasteiger partial charge < -0.3 is 15.6 Å². The first-order valence-corrected chi connectivity index (χ1v) is 6.26. The lowest BCUT2D eigenvalue weighted by molar-refractivity contribution is -0.165. The Balaban J connectivity index is 2.69. The summed E-state index contributed by atoms with van der Waals surface area (Å²) in [6, 6.07) is 9.76. The summed E-state index contributed by atoms with van der Waals surface area (Å²) in [5.74, 6) is -0.977. The number of rotatable bonds is 8. The van der Waals surface area contributed by atoms with Gasteiger partial charge >= 0.3 is 5.97 Å². The van der Waals surface area contributed by atoms with Crippen LogP contribution >= 0.6 is 0 Å². The zero-order valence-electron chi connectivity index (χ0n) is 10.8. The van der Waals surface area contributed by atoms with E-state index in [-0.39, 0.29) is 6.54 Å². The molecule has 1 unspecified atom stereocenters. The highest BCUT2D eigenvalue weighted by Gasteiger charge is 2.37. The van der Waals surface area contributed by atoms with Crippen molar-refractivity contribution in [1.29, 1.82) is 0 Å². The van der Waals surface area contributed by atoms with Crippen molar-refractivity contribution in [1.82, 2.24) is 0 Å². The summed E-state index contributed by atoms with van der Waals surface area (Å²) in [6.45, 7) is 2.35. The van der Waals surface area contributed by atoms with Crippen LogP contribution in [0.2, 0.25) is 0 Å². The number of carboxylic acid groups (broad SMARTS) is 1. The second kappa shape index (κ2) is 7.13. The van der Waals surface area contributed by atoms with Crippen LogP contribution in [-0.4, -0.2) is 29.8 Å². The molecule has 0 bridgehead atoms. The van der Waals surface area contributed by atoms with Crippen molar-refractivity contribution >= 4 is 5.97 Å². The van der Waals surface area contributed by atoms with Crippen LogP contribution in [0.4, 0.5) is 0 Å². The Hall–Kier alpha value is -1.39. The van der Waals surface area contributed by atoms with Gasteiger partial charge in [-0.15, -0.1) is 0 Å². The van der Waals surface area contributed by atoms with Crippen LogP contribution < -0.4 is 5.73 Å². The smallest absolute Gasteiger partial charge is 0.337 e. The van der Waals surface area contributed by atoms with E-state index in [2.05, 4.69) is 0 Å². The third kappa shape index (κ3) is 3.82. The molecule has 0 saturated heterocycles. The van der Waals surface area contributed by atoms with Gasteiger partial charge in [0.15, 0.2) is 5.60 Å². The van der Waals surface area contributed by atoms with Crippen LogP contribution in [0.25, 0.3) is 0 Å². The molecule has 18 heavy (non-hydrogen) atoms. The summed E-state index contributed by atoms with van der Waals surface area (Å²) >= 11 is 0. The standard InChI is InChI=1S/C14H21NO3/c1-2-10-18-14(11-15,13(16)17)9-8-12-6-4-3-5-7-12/h3-7H,2,8-11,15H2,1H3,(H,16,17). The lowest BCUT2D eigenvalue weighted by Gasteiger charge is -2.28. The largest absolute Gasteiger partial charge is 0.479 e. The predicted molar refractivity (Wildman–Crippen MR) is 70.4 cm³/mol. The summed E-state index contributed by atoms with van der Waals surface area (Å²) in [4.78, 5) is 11.4. The molecule has 4 nitrogen and oxygen atoms in total. The molecule has 0 aliphatic heterocycles. The summed E-state index contributed by atoms with van der Waals surface area (Å²) in [5.41, 5.74) is 5.44. The maximum absolute atomic E-state index is 11.4. The number of nitrogens with two attached hydrogens (primary N) is 1. The first-order chi connectivity index (χ1) is 8.64. The molecule has 1 aromatic carbocycles. The number of benzene rings is 1. The first-order valence-electron chi connectivity index (χ1n) is 6.26. The number of hydrogen-bond donors (Lipinski definition) is 2. The van der Waals surface area contributed by atoms with Crippen molar-refractivity contribution in [3.05, 3.63) is 35.9 Å². The Morgan fingerprint density at radius 1 is 1.39 bits per heavy atom. The second-order valence-electron chi connectivity index (χ2n) is 4.34. The fourth-order valence-corrected chi connectivity index (χ4v) is 1.78. The molecular formula is C14H21NO3. The SMILES string of the molecule is CCCOC(CN)(CCc1ccccc1)C(=O)O. The van der Waals surface area contributed by atoms with Gasteiger partial charge in [0.25, 0.3) is 0 Å². The van der Waals surface area contributed by atoms with Gasteiger partial charge in [0, 0.05) is 13.2 Å². The van der Waals surface area contributed by atoms with Gasteiger partial charge in [-0.1, -0.05) is 37.3 Å². The Kier molecular flexibility index (Phi) is 5.82. The summed E-state index contributed by atoms with van der Waals surface area (Å²) in [5, 5.41) is 9.32. The minimum Gasteiger partial charge on any atom is -0.479 e. The Morgan fingerprint density at radius 2 is 2.06 bits per heavy atom. The van der Waals surface area contributed by atoms with E-state index in [4.69, 9.17) is 10.5 Å². The molecule has 0 radical (unpaired) electrons. The zero-order valence-corrected chi connectivity index (χ0v) is 10.8. The van der Waals surface area contributed by atoms with Crippen LogP contribution in [0.15, 0.2) is 30.3 Å². The third-order valence-corrected chi connectivity index (χ3v) is 2.96. The van der Waals surface area contributed by atoms with Crippen LogP contribution in [0.3, 0.4) is 0 Å². The number of hydrogen-bond acceptors (Lipinski definition) is 3. The molecule has 1 atom stereocenters. The first kappa shape index (κ1) is 14.7. The van der Waals surface area contributed by atoms with Gasteiger partial charge in [0.1, 0.15) is 0 Å². The lowest BCUT2D eigenvalue weighted by atomic mass is 9.94. The summed E-state index contributed by atoms with van der Waals surface area (Å²) in [6.07, 6.45) is 1.82. The fourth-order valence-electron chi connectivity index (χ4n) is 1.78. The highest BCUT2D eigenvalue weighted by molar-refractivity contribution is 5.77. The molecule has 0 fully saturated rings. The number of aliphatic carboxylic acids is 1. The van der Waals surface area contributed by atoms with Crippen molar-refractivity contribution < 1.29 is 14.6 Å². The minimum atomic E-state index is -1.26. The van der Waals surface area contributed by atoms with Crippen molar-refractivity contribution in [2.75, 3.05) is 13.2 Å². The number of ether oxygens (including phenoxy) is 1. The molecule has 1 rings (SSSR count). The topological polar surface area (TPSA) is 72.5 Å². The Morgan fingerprint density at radius 3 is 2.56 bits per heavy atom. The van der Waals surface area contributed by atoms with Gasteiger partial charge in [-0.05, 0) is 24.8 Å². The molecular weight excluding hydrogens is 230 g/mol. The quantitative estimate of drug-likeness (QED) is 0.739. The van der Waals surface area contributed by atoms with Crippen molar-refractivity contribution in [2.45, 2.75) is 31.8 Å². The van der Waals surface area contributed by atoms with Gasteiger partial charge in [0.05, 0.1) is 0 Å². The van der Waals surface area contributed by atoms with Gasteiger partial charge in [0.2, 0.25) is 0 Å². The highest BCUT2D eigenvalue weighted by Crippen LogP contribution is 2.19. The van der Waals surface area contributed by atoms with Gasteiger partial charge in [-0.2, -0.15) is 0 Å². The third-order valence-electron chi connectivity index (χ3n) is 2.96. The molecule has 0 aliphatic rings. The molecule has 0 amide bonds. The zero-order chi connectivity index (χ0) is 13.4. The normalized spacial score (nSPS) is 14.1. The maximum atomic E-state index is 11.4. The second-order valence-corrected chi connectivity index (χ2v) is 4.34. The van der Waals surface area contributed by atoms with Gasteiger partial charge in [-0.3, -0.25) is 0 Å². The molecule has 3 N–H and O–H groups in total. The maximum Gasteiger partial charge on any atom is 0.337 e. The van der Waals surface area contributed by atoms with Crippen molar-refractivity contribution in [3.63, 3.8) is 0 Å². The fraction of sp³-hybridized carbons (Fsp3) is 0.500. The van der Waals surface area contributed by atoms with Crippen LogP contribution in [0.1, 0.15) is 25.3 Å². The van der Waals surface area contributed by atoms with Gasteiger partial charge in [-0.25, -0.2) is 4.79 Å². The Labute approximate surface area is 108 Å². The summed E-state index contributed by atoms with van der Waals surface area (Å²) < 4.78 is 5.49. The van der Waals surface area contributed by atoms with Crippen LogP contribution in [0.5, 0.6) is 0 Å². The van der Waals surface area contributed by atoms with E-state index in [9.17, 15) is 9.90 Å². The predicted octanol–water partition coefficient (Wildman–Crippen LogP) is 1.83. The van der Waals surface area contributed by atoms with Crippen molar-refractivity contribution in [3.8, 4) is 0 Å². The molecule has 4 heteroatoms. The van der Waals surface area contributed by atoms with Crippen molar-refractivity contribution in [2.24, 2.45) is 5.73 Å². The van der Waals surface area contributed by atoms with E-state index in [1.54, 1.807) is 0 Å². The number of carboxylic acids is 1. The minimum absolute atomic E-state index is 0.00479. The molecule has 0 aromatic heterocycles. The summed E-state index contributed by atoms with van der Waals surface area (Å²) in [7, 11) is 0. The van der Waals surface area contributed by atoms with E-state index in [1.807, 2.05) is 37.3 Å². The molecule has 1 aromatic rings. The molecule has 0 aliphatic carbocycles. The molecule has 0 saturated carbocycles. The van der Waals surface area contributed by atoms with Crippen LogP contribution in [0, 0.1) is 0 Å². The average molecular weight is 251 g/mol. The van der Waals surface area contributed by atoms with Crippen LogP contribution in [-0.2, 0) is 16.0 Å². The average Bonchev–Trinajstić information content (AvgIpc) is 2.40. The Bertz CT molecular complexity index is 367. The molecule has 100 valence electrons. The lowest BCUT2D eigenvalue weighted by Crippen LogP contribution is -2.48. The number of carbonyl (C=O) groups is 1. The highest BCUT2D eigenvalue weighted by atomic mass is 16.5. The van der Waals surface area contributed by atoms with E-state index in [0.29, 0.717) is 19.4 Å². The van der Waals surface area contributed by atoms with E-state index in [0.717, 1.165) is 12.0 Å². The van der Waals surface area contributed by atoms with E-state index >= 15 is 0 Å². The number of aryl methyl sites for hydroxylation is 1. The molecule has 0 spiro atoms. The van der Waals surface area contributed by atoms with E-state index < -0.39 is 11.6 Å².